The minimum absolute atomic E-state index is 0.0983. The van der Waals surface area contributed by atoms with Crippen LogP contribution in [0.15, 0.2) is 70.1 Å². The van der Waals surface area contributed by atoms with Gasteiger partial charge in [-0.3, -0.25) is 9.78 Å². The third-order valence-corrected chi connectivity index (χ3v) is 6.91. The number of amides is 1. The summed E-state index contributed by atoms with van der Waals surface area (Å²) in [5.74, 6) is 0.417. The Hall–Kier alpha value is -3.83. The molecule has 0 saturated carbocycles. The summed E-state index contributed by atoms with van der Waals surface area (Å²) in [5, 5.41) is 5.50. The molecular weight excluding hydrogens is 508 g/mol. The second-order valence-electron chi connectivity index (χ2n) is 8.45. The summed E-state index contributed by atoms with van der Waals surface area (Å²) in [6, 6.07) is 8.61. The predicted octanol–water partition coefficient (Wildman–Crippen LogP) is 3.57. The van der Waals surface area contributed by atoms with Crippen molar-refractivity contribution in [2.75, 3.05) is 34.5 Å². The molecule has 2 aromatic rings. The fraction of sp³-hybridized carbons (Fsp3) is 0.333. The van der Waals surface area contributed by atoms with Gasteiger partial charge in [0.1, 0.15) is 6.61 Å². The number of thioether (sulfide) groups is 1. The third-order valence-electron chi connectivity index (χ3n) is 6.02. The van der Waals surface area contributed by atoms with Gasteiger partial charge in [0.25, 0.3) is 0 Å². The van der Waals surface area contributed by atoms with Gasteiger partial charge >= 0.3 is 5.97 Å². The van der Waals surface area contributed by atoms with E-state index in [2.05, 4.69) is 15.3 Å². The summed E-state index contributed by atoms with van der Waals surface area (Å²) < 4.78 is 21.5. The Morgan fingerprint density at radius 1 is 1.11 bits per heavy atom. The molecule has 1 N–H and O–H groups in total. The highest BCUT2D eigenvalue weighted by atomic mass is 32.2. The number of hydrogen-bond donors (Lipinski definition) is 1. The van der Waals surface area contributed by atoms with Crippen molar-refractivity contribution in [2.45, 2.75) is 25.9 Å². The lowest BCUT2D eigenvalue weighted by atomic mass is 9.93. The lowest BCUT2D eigenvalue weighted by Gasteiger charge is -2.36. The van der Waals surface area contributed by atoms with E-state index in [0.717, 1.165) is 11.1 Å². The van der Waals surface area contributed by atoms with Crippen molar-refractivity contribution in [1.82, 2.24) is 15.2 Å². The van der Waals surface area contributed by atoms with E-state index in [-0.39, 0.29) is 25.5 Å². The van der Waals surface area contributed by atoms with Crippen LogP contribution in [0.5, 0.6) is 11.5 Å². The van der Waals surface area contributed by atoms with Crippen molar-refractivity contribution in [3.8, 4) is 11.5 Å². The van der Waals surface area contributed by atoms with Gasteiger partial charge in [0.2, 0.25) is 5.91 Å². The maximum atomic E-state index is 13.3. The lowest BCUT2D eigenvalue weighted by molar-refractivity contribution is -0.141. The summed E-state index contributed by atoms with van der Waals surface area (Å²) in [7, 11) is 4.66. The van der Waals surface area contributed by atoms with Crippen LogP contribution in [-0.2, 0) is 25.6 Å². The van der Waals surface area contributed by atoms with Gasteiger partial charge in [0, 0.05) is 31.7 Å². The number of ether oxygens (including phenoxy) is 4. The molecule has 10 nitrogen and oxygen atoms in total. The van der Waals surface area contributed by atoms with Crippen LogP contribution in [-0.4, -0.2) is 61.5 Å². The minimum atomic E-state index is -0.593. The van der Waals surface area contributed by atoms with Gasteiger partial charge in [0.05, 0.1) is 44.6 Å². The number of benzene rings is 1. The van der Waals surface area contributed by atoms with E-state index in [4.69, 9.17) is 18.9 Å². The molecule has 38 heavy (non-hydrogen) atoms. The standard InChI is InChI=1S/C27H30N4O6S/c1-17-24(26(33)37-11-10-34-2)25(19-7-8-21(35-3)22(12-19)36-4)31-20(16-38-27(31)30-17)13-23(32)29-15-18-6-5-9-28-14-18/h5-9,12,14,16,25H,10-11,13,15H2,1-4H3,(H,29,32)/t25-/m0/s1. The second kappa shape index (κ2) is 12.6. The molecule has 1 atom stereocenters. The maximum absolute atomic E-state index is 13.3. The molecule has 200 valence electrons. The Balaban J connectivity index is 1.65. The monoisotopic (exact) mass is 538 g/mol. The van der Waals surface area contributed by atoms with Gasteiger partial charge in [0.15, 0.2) is 16.7 Å². The zero-order valence-corrected chi connectivity index (χ0v) is 22.5. The van der Waals surface area contributed by atoms with E-state index >= 15 is 0 Å². The zero-order chi connectivity index (χ0) is 27.1. The van der Waals surface area contributed by atoms with Crippen molar-refractivity contribution in [1.29, 1.82) is 0 Å². The smallest absolute Gasteiger partial charge is 0.338 e. The highest BCUT2D eigenvalue weighted by molar-refractivity contribution is 8.16. The summed E-state index contributed by atoms with van der Waals surface area (Å²) in [5.41, 5.74) is 3.30. The highest BCUT2D eigenvalue weighted by Gasteiger charge is 2.41. The SMILES string of the molecule is COCCOC(=O)C1=C(C)N=C2SC=C(CC(=O)NCc3cccnc3)N2[C@H]1c1ccc(OC)c(OC)c1. The summed E-state index contributed by atoms with van der Waals surface area (Å²) in [4.78, 5) is 36.9. The first kappa shape index (κ1) is 27.2. The average molecular weight is 539 g/mol. The van der Waals surface area contributed by atoms with Gasteiger partial charge in [-0.15, -0.1) is 0 Å². The molecule has 2 aliphatic rings. The quantitative estimate of drug-likeness (QED) is 0.339. The number of esters is 1. The van der Waals surface area contributed by atoms with Crippen LogP contribution in [0.4, 0.5) is 0 Å². The van der Waals surface area contributed by atoms with Crippen molar-refractivity contribution in [3.63, 3.8) is 0 Å². The topological polar surface area (TPSA) is 112 Å². The molecule has 11 heteroatoms. The van der Waals surface area contributed by atoms with Crippen LogP contribution in [0.3, 0.4) is 0 Å². The van der Waals surface area contributed by atoms with Gasteiger partial charge in [-0.2, -0.15) is 0 Å². The number of aromatic nitrogens is 1. The number of rotatable bonds is 11. The van der Waals surface area contributed by atoms with Crippen molar-refractivity contribution >= 4 is 28.8 Å². The van der Waals surface area contributed by atoms with Crippen LogP contribution in [0.2, 0.25) is 0 Å². The number of aliphatic imine (C=N–C) groups is 1. The first-order valence-electron chi connectivity index (χ1n) is 11.9. The molecule has 1 aromatic carbocycles. The van der Waals surface area contributed by atoms with Crippen LogP contribution < -0.4 is 14.8 Å². The number of hydrogen-bond acceptors (Lipinski definition) is 10. The molecule has 0 spiro atoms. The molecule has 1 amide bonds. The number of allylic oxidation sites excluding steroid dienone is 1. The van der Waals surface area contributed by atoms with Gasteiger partial charge in [-0.25, -0.2) is 9.79 Å². The average Bonchev–Trinajstić information content (AvgIpc) is 3.32. The Morgan fingerprint density at radius 3 is 2.63 bits per heavy atom. The molecule has 1 aromatic heterocycles. The van der Waals surface area contributed by atoms with E-state index in [9.17, 15) is 9.59 Å². The van der Waals surface area contributed by atoms with Gasteiger partial charge < -0.3 is 29.2 Å². The van der Waals surface area contributed by atoms with Crippen LogP contribution in [0.1, 0.15) is 30.5 Å². The molecule has 0 bridgehead atoms. The number of carbonyl (C=O) groups excluding carboxylic acids is 2. The number of pyridine rings is 1. The first-order valence-corrected chi connectivity index (χ1v) is 12.8. The number of nitrogens with zero attached hydrogens (tertiary/aromatic N) is 3. The number of carbonyl (C=O) groups is 2. The molecule has 0 fully saturated rings. The van der Waals surface area contributed by atoms with Gasteiger partial charge in [-0.05, 0) is 41.7 Å². The third kappa shape index (κ3) is 6.00. The molecule has 4 rings (SSSR count). The molecular formula is C27H30N4O6S. The van der Waals surface area contributed by atoms with Crippen molar-refractivity contribution in [2.24, 2.45) is 4.99 Å². The van der Waals surface area contributed by atoms with E-state index in [1.54, 1.807) is 46.7 Å². The first-order chi connectivity index (χ1) is 18.5. The Kier molecular flexibility index (Phi) is 9.03. The summed E-state index contributed by atoms with van der Waals surface area (Å²) in [6.07, 6.45) is 3.49. The Morgan fingerprint density at radius 2 is 1.92 bits per heavy atom. The molecule has 3 heterocycles. The van der Waals surface area contributed by atoms with Crippen LogP contribution in [0.25, 0.3) is 0 Å². The highest BCUT2D eigenvalue weighted by Crippen LogP contribution is 2.46. The predicted molar refractivity (Wildman–Crippen MR) is 143 cm³/mol. The van der Waals surface area contributed by atoms with Crippen molar-refractivity contribution in [3.05, 3.63) is 76.2 Å². The largest absolute Gasteiger partial charge is 0.493 e. The zero-order valence-electron chi connectivity index (χ0n) is 21.7. The molecule has 0 aliphatic carbocycles. The van der Waals surface area contributed by atoms with Crippen LogP contribution >= 0.6 is 11.8 Å². The number of fused-ring (bicyclic) bond motifs is 1. The second-order valence-corrected chi connectivity index (χ2v) is 9.29. The Bertz CT molecular complexity index is 1280. The van der Waals surface area contributed by atoms with Crippen molar-refractivity contribution < 1.29 is 28.5 Å². The van der Waals surface area contributed by atoms with E-state index in [1.807, 2.05) is 34.6 Å². The van der Waals surface area contributed by atoms with E-state index < -0.39 is 12.0 Å². The Labute approximate surface area is 225 Å². The van der Waals surface area contributed by atoms with E-state index in [0.29, 0.717) is 40.2 Å². The fourth-order valence-corrected chi connectivity index (χ4v) is 5.16. The van der Waals surface area contributed by atoms with Gasteiger partial charge in [-0.1, -0.05) is 23.9 Å². The van der Waals surface area contributed by atoms with Crippen LogP contribution in [0, 0.1) is 0 Å². The molecule has 2 aliphatic heterocycles. The van der Waals surface area contributed by atoms with E-state index in [1.165, 1.54) is 11.8 Å². The maximum Gasteiger partial charge on any atom is 0.338 e. The number of amidine groups is 1. The fourth-order valence-electron chi connectivity index (χ4n) is 4.19. The number of nitrogens with one attached hydrogen (secondary N) is 1. The summed E-state index contributed by atoms with van der Waals surface area (Å²) >= 11 is 1.41. The molecule has 0 unspecified atom stereocenters. The molecule has 0 saturated heterocycles. The molecule has 0 radical (unpaired) electrons. The normalized spacial score (nSPS) is 16.4. The lowest BCUT2D eigenvalue weighted by Crippen LogP contribution is -2.38. The number of methoxy groups -OCH3 is 3. The minimum Gasteiger partial charge on any atom is -0.493 e. The summed E-state index contributed by atoms with van der Waals surface area (Å²) in [6.45, 7) is 2.53.